The molecule has 1 saturated heterocycles. The summed E-state index contributed by atoms with van der Waals surface area (Å²) < 4.78 is 11.5. The van der Waals surface area contributed by atoms with E-state index in [9.17, 15) is 0 Å². The molecule has 2 N–H and O–H groups in total. The van der Waals surface area contributed by atoms with Gasteiger partial charge in [0.2, 0.25) is 0 Å². The average molecular weight is 364 g/mol. The fraction of sp³-hybridized carbons (Fsp3) is 0.952. The molecular weight excluding hydrogens is 326 g/mol. The normalized spacial score (nSPS) is 34.2. The molecule has 0 aromatic rings. The fourth-order valence-electron chi connectivity index (χ4n) is 6.10. The van der Waals surface area contributed by atoms with E-state index >= 15 is 0 Å². The van der Waals surface area contributed by atoms with Gasteiger partial charge < -0.3 is 20.1 Å². The molecule has 0 aromatic heterocycles. The van der Waals surface area contributed by atoms with E-state index in [2.05, 4.69) is 17.6 Å². The van der Waals surface area contributed by atoms with Crippen molar-refractivity contribution in [1.82, 2.24) is 10.6 Å². The van der Waals surface area contributed by atoms with E-state index in [1.54, 1.807) is 7.11 Å². The van der Waals surface area contributed by atoms with Crippen molar-refractivity contribution in [1.29, 1.82) is 0 Å². The average Bonchev–Trinajstić information content (AvgIpc) is 3.26. The molecule has 3 aliphatic carbocycles. The lowest BCUT2D eigenvalue weighted by Crippen LogP contribution is -2.69. The largest absolute Gasteiger partial charge is 0.385 e. The molecule has 5 heteroatoms. The van der Waals surface area contributed by atoms with Crippen LogP contribution in [0.1, 0.15) is 64.7 Å². The Morgan fingerprint density at radius 3 is 2.65 bits per heavy atom. The monoisotopic (exact) mass is 363 g/mol. The highest BCUT2D eigenvalue weighted by Gasteiger charge is 2.65. The van der Waals surface area contributed by atoms with E-state index < -0.39 is 0 Å². The molecule has 0 bridgehead atoms. The van der Waals surface area contributed by atoms with E-state index in [4.69, 9.17) is 14.5 Å². The number of aliphatic imine (C=N–C) groups is 1. The Labute approximate surface area is 158 Å². The van der Waals surface area contributed by atoms with Crippen molar-refractivity contribution in [3.05, 3.63) is 0 Å². The van der Waals surface area contributed by atoms with E-state index in [1.807, 2.05) is 0 Å². The summed E-state index contributed by atoms with van der Waals surface area (Å²) in [7, 11) is 1.80. The van der Waals surface area contributed by atoms with Gasteiger partial charge >= 0.3 is 0 Å². The number of nitrogens with zero attached hydrogens (tertiary/aromatic N) is 1. The van der Waals surface area contributed by atoms with E-state index in [0.29, 0.717) is 28.9 Å². The van der Waals surface area contributed by atoms with E-state index in [0.717, 1.165) is 38.7 Å². The van der Waals surface area contributed by atoms with Gasteiger partial charge in [-0.1, -0.05) is 19.3 Å². The Balaban J connectivity index is 1.43. The van der Waals surface area contributed by atoms with Crippen LogP contribution in [0.4, 0.5) is 0 Å². The zero-order valence-electron chi connectivity index (χ0n) is 16.7. The first kappa shape index (κ1) is 18.5. The number of ether oxygens (including phenoxy) is 2. The molecule has 26 heavy (non-hydrogen) atoms. The van der Waals surface area contributed by atoms with Gasteiger partial charge in [0.05, 0.1) is 6.10 Å². The number of methoxy groups -OCH3 is 1. The number of fused-ring (bicyclic) bond motifs is 2. The molecule has 1 aliphatic heterocycles. The molecule has 0 amide bonds. The summed E-state index contributed by atoms with van der Waals surface area (Å²) in [5.74, 6) is 1.71. The van der Waals surface area contributed by atoms with Crippen LogP contribution in [0, 0.1) is 16.7 Å². The van der Waals surface area contributed by atoms with Crippen molar-refractivity contribution in [2.24, 2.45) is 21.7 Å². The Bertz CT molecular complexity index is 511. The minimum absolute atomic E-state index is 0.377. The molecule has 1 spiro atoms. The molecule has 4 rings (SSSR count). The highest BCUT2D eigenvalue weighted by molar-refractivity contribution is 5.80. The highest BCUT2D eigenvalue weighted by atomic mass is 16.5. The van der Waals surface area contributed by atoms with Crippen molar-refractivity contribution in [2.75, 3.05) is 33.4 Å². The van der Waals surface area contributed by atoms with Crippen molar-refractivity contribution in [3.63, 3.8) is 0 Å². The van der Waals surface area contributed by atoms with Crippen LogP contribution >= 0.6 is 0 Å². The van der Waals surface area contributed by atoms with Gasteiger partial charge in [0.1, 0.15) is 0 Å². The molecule has 148 valence electrons. The van der Waals surface area contributed by atoms with Gasteiger partial charge in [-0.15, -0.1) is 0 Å². The maximum atomic E-state index is 6.13. The minimum atomic E-state index is 0.377. The van der Waals surface area contributed by atoms with Crippen LogP contribution in [-0.2, 0) is 9.47 Å². The number of rotatable bonds is 7. The van der Waals surface area contributed by atoms with Crippen LogP contribution in [0.5, 0.6) is 0 Å². The molecule has 0 radical (unpaired) electrons. The van der Waals surface area contributed by atoms with Crippen LogP contribution in [0.3, 0.4) is 0 Å². The van der Waals surface area contributed by atoms with Crippen molar-refractivity contribution in [3.8, 4) is 0 Å². The van der Waals surface area contributed by atoms with Crippen molar-refractivity contribution >= 4 is 5.96 Å². The lowest BCUT2D eigenvalue weighted by Gasteiger charge is -2.57. The van der Waals surface area contributed by atoms with Gasteiger partial charge in [0.25, 0.3) is 0 Å². The van der Waals surface area contributed by atoms with Gasteiger partial charge in [0, 0.05) is 50.8 Å². The Hall–Kier alpha value is -0.810. The summed E-state index contributed by atoms with van der Waals surface area (Å²) in [4.78, 5) is 5.05. The zero-order chi connectivity index (χ0) is 18.0. The van der Waals surface area contributed by atoms with Gasteiger partial charge in [-0.25, -0.2) is 0 Å². The predicted molar refractivity (Wildman–Crippen MR) is 104 cm³/mol. The molecule has 3 atom stereocenters. The molecule has 3 saturated carbocycles. The topological polar surface area (TPSA) is 54.9 Å². The summed E-state index contributed by atoms with van der Waals surface area (Å²) in [5, 5.41) is 7.37. The number of guanidine groups is 1. The molecule has 4 fully saturated rings. The van der Waals surface area contributed by atoms with E-state index in [1.165, 1.54) is 51.4 Å². The lowest BCUT2D eigenvalue weighted by molar-refractivity contribution is -0.125. The highest BCUT2D eigenvalue weighted by Crippen LogP contribution is 2.60. The van der Waals surface area contributed by atoms with E-state index in [-0.39, 0.29) is 0 Å². The molecule has 1 heterocycles. The summed E-state index contributed by atoms with van der Waals surface area (Å²) in [6.45, 7) is 5.81. The first-order chi connectivity index (χ1) is 12.7. The quantitative estimate of drug-likeness (QED) is 0.539. The maximum Gasteiger partial charge on any atom is 0.191 e. The number of nitrogens with one attached hydrogen (secondary N) is 2. The fourth-order valence-corrected chi connectivity index (χ4v) is 6.10. The maximum absolute atomic E-state index is 6.13. The molecule has 3 unspecified atom stereocenters. The minimum Gasteiger partial charge on any atom is -0.385 e. The Morgan fingerprint density at radius 1 is 1.19 bits per heavy atom. The first-order valence-electron chi connectivity index (χ1n) is 10.9. The van der Waals surface area contributed by atoms with Crippen LogP contribution < -0.4 is 10.6 Å². The third-order valence-electron chi connectivity index (χ3n) is 7.75. The molecule has 5 nitrogen and oxygen atoms in total. The number of hydrogen-bond acceptors (Lipinski definition) is 3. The lowest BCUT2D eigenvalue weighted by atomic mass is 9.54. The molecular formula is C21H37N3O2. The van der Waals surface area contributed by atoms with Crippen LogP contribution in [0.2, 0.25) is 0 Å². The van der Waals surface area contributed by atoms with Gasteiger partial charge in [-0.3, -0.25) is 4.99 Å². The smallest absolute Gasteiger partial charge is 0.191 e. The number of hydrogen-bond donors (Lipinski definition) is 2. The second-order valence-corrected chi connectivity index (χ2v) is 9.10. The van der Waals surface area contributed by atoms with Gasteiger partial charge in [0.15, 0.2) is 5.96 Å². The zero-order valence-corrected chi connectivity index (χ0v) is 16.7. The summed E-state index contributed by atoms with van der Waals surface area (Å²) >= 11 is 0. The predicted octanol–water partition coefficient (Wildman–Crippen LogP) is 3.10. The Morgan fingerprint density at radius 2 is 2.00 bits per heavy atom. The third-order valence-corrected chi connectivity index (χ3v) is 7.75. The summed E-state index contributed by atoms with van der Waals surface area (Å²) in [6, 6.07) is 0.548. The third kappa shape index (κ3) is 3.15. The first-order valence-corrected chi connectivity index (χ1v) is 10.9. The van der Waals surface area contributed by atoms with Crippen LogP contribution in [0.25, 0.3) is 0 Å². The van der Waals surface area contributed by atoms with Gasteiger partial charge in [-0.2, -0.15) is 0 Å². The van der Waals surface area contributed by atoms with Crippen molar-refractivity contribution < 1.29 is 9.47 Å². The molecule has 0 aromatic carbocycles. The van der Waals surface area contributed by atoms with Gasteiger partial charge in [-0.05, 0) is 50.9 Å². The second kappa shape index (κ2) is 7.67. The van der Waals surface area contributed by atoms with Crippen LogP contribution in [-0.4, -0.2) is 51.5 Å². The summed E-state index contributed by atoms with van der Waals surface area (Å²) in [6.07, 6.45) is 12.2. The van der Waals surface area contributed by atoms with Crippen LogP contribution in [0.15, 0.2) is 4.99 Å². The SMILES string of the molecule is CCNC(=NCC1(CCOC)CCC1)NC1C2CCOC2C12CCCC2. The Kier molecular flexibility index (Phi) is 5.47. The summed E-state index contributed by atoms with van der Waals surface area (Å²) in [5.41, 5.74) is 0.754. The standard InChI is InChI=1S/C21H37N3O2/c1-3-22-19(23-15-20(8-6-9-20)12-14-25-2)24-17-16-7-13-26-18(16)21(17)10-4-5-11-21/h16-18H,3-15H2,1-2H3,(H2,22,23,24). The second-order valence-electron chi connectivity index (χ2n) is 9.10. The molecule has 4 aliphatic rings. The van der Waals surface area contributed by atoms with Crippen molar-refractivity contribution in [2.45, 2.75) is 76.9 Å².